The number of rotatable bonds is 8. The fraction of sp³-hybridized carbons (Fsp3) is 0.360. The van der Waals surface area contributed by atoms with Crippen LogP contribution >= 0.6 is 0 Å². The summed E-state index contributed by atoms with van der Waals surface area (Å²) in [6.45, 7) is 6.78. The van der Waals surface area contributed by atoms with Crippen LogP contribution in [-0.2, 0) is 7.05 Å². The number of carbonyl (C=O) groups is 1. The van der Waals surface area contributed by atoms with Crippen molar-refractivity contribution in [2.75, 3.05) is 30.3 Å². The number of aryl methyl sites for hydroxylation is 1. The molecule has 12 heteroatoms. The van der Waals surface area contributed by atoms with E-state index in [1.807, 2.05) is 0 Å². The lowest BCUT2D eigenvalue weighted by atomic mass is 10.0. The van der Waals surface area contributed by atoms with Crippen molar-refractivity contribution in [3.05, 3.63) is 54.4 Å². The highest BCUT2D eigenvalue weighted by atomic mass is 19.1. The van der Waals surface area contributed by atoms with E-state index in [0.717, 1.165) is 19.5 Å². The average Bonchev–Trinajstić information content (AvgIpc) is 3.38. The van der Waals surface area contributed by atoms with Gasteiger partial charge in [0.25, 0.3) is 5.91 Å². The molecule has 1 saturated heterocycles. The summed E-state index contributed by atoms with van der Waals surface area (Å²) >= 11 is 0. The fourth-order valence-electron chi connectivity index (χ4n) is 4.54. The molecule has 0 saturated carbocycles. The molecule has 37 heavy (non-hydrogen) atoms. The van der Waals surface area contributed by atoms with Crippen molar-refractivity contribution < 1.29 is 9.18 Å². The van der Waals surface area contributed by atoms with Crippen molar-refractivity contribution in [3.8, 4) is 0 Å². The quantitative estimate of drug-likeness (QED) is 0.331. The van der Waals surface area contributed by atoms with Gasteiger partial charge in [0.15, 0.2) is 17.3 Å². The van der Waals surface area contributed by atoms with E-state index in [2.05, 4.69) is 59.7 Å². The topological polar surface area (TPSA) is 126 Å². The monoisotopic (exact) mass is 504 g/mol. The number of amides is 1. The average molecular weight is 505 g/mol. The number of benzene rings is 1. The van der Waals surface area contributed by atoms with Gasteiger partial charge in [-0.3, -0.25) is 14.7 Å². The maximum Gasteiger partial charge on any atom is 0.251 e. The van der Waals surface area contributed by atoms with Crippen LogP contribution in [0.15, 0.2) is 43.0 Å². The maximum atomic E-state index is 14.7. The second-order valence-corrected chi connectivity index (χ2v) is 9.60. The van der Waals surface area contributed by atoms with E-state index in [1.54, 1.807) is 36.5 Å². The van der Waals surface area contributed by atoms with Crippen LogP contribution in [0.25, 0.3) is 11.0 Å². The van der Waals surface area contributed by atoms with E-state index in [9.17, 15) is 9.18 Å². The van der Waals surface area contributed by atoms with E-state index in [1.165, 1.54) is 24.6 Å². The summed E-state index contributed by atoms with van der Waals surface area (Å²) in [5.74, 6) is 0.440. The summed E-state index contributed by atoms with van der Waals surface area (Å²) in [5.41, 5.74) is 1.17. The van der Waals surface area contributed by atoms with Crippen molar-refractivity contribution in [2.24, 2.45) is 7.05 Å². The number of halogens is 1. The molecule has 4 aromatic rings. The zero-order valence-corrected chi connectivity index (χ0v) is 21.0. The summed E-state index contributed by atoms with van der Waals surface area (Å²) in [6, 6.07) is 4.22. The van der Waals surface area contributed by atoms with Gasteiger partial charge in [0.1, 0.15) is 5.82 Å². The third kappa shape index (κ3) is 5.33. The Bertz CT molecular complexity index is 1420. The summed E-state index contributed by atoms with van der Waals surface area (Å²) in [6.07, 6.45) is 8.60. The molecule has 11 nitrogen and oxygen atoms in total. The Labute approximate surface area is 213 Å². The predicted octanol–water partition coefficient (Wildman–Crippen LogP) is 3.38. The molecule has 3 aromatic heterocycles. The van der Waals surface area contributed by atoms with E-state index in [-0.39, 0.29) is 17.1 Å². The number of nitrogens with one attached hydrogen (secondary N) is 3. The lowest BCUT2D eigenvalue weighted by Crippen LogP contribution is -2.43. The van der Waals surface area contributed by atoms with Crippen LogP contribution in [0.4, 0.5) is 27.7 Å². The standard InChI is InChI=1S/C25H29FN10O/c1-25(2)7-4-11-36(25)12-10-29-23(37)16-5-6-18(26)19(13-16)31-21-17-14-30-24(33-22(17)35(3)34-21)32-20-15-27-8-9-28-20/h5-6,8-9,13-15H,4,7,10-12H2,1-3H3,(H,29,37)(H,31,34)(H,28,30,32,33). The van der Waals surface area contributed by atoms with Crippen molar-refractivity contribution in [3.63, 3.8) is 0 Å². The molecule has 0 atom stereocenters. The van der Waals surface area contributed by atoms with E-state index in [4.69, 9.17) is 0 Å². The van der Waals surface area contributed by atoms with E-state index < -0.39 is 5.82 Å². The summed E-state index contributed by atoms with van der Waals surface area (Å²) in [4.78, 5) is 32.1. The second-order valence-electron chi connectivity index (χ2n) is 9.60. The third-order valence-corrected chi connectivity index (χ3v) is 6.60. The normalized spacial score (nSPS) is 15.1. The first-order valence-electron chi connectivity index (χ1n) is 12.1. The van der Waals surface area contributed by atoms with Crippen molar-refractivity contribution >= 4 is 40.2 Å². The minimum Gasteiger partial charge on any atom is -0.351 e. The smallest absolute Gasteiger partial charge is 0.251 e. The van der Waals surface area contributed by atoms with Gasteiger partial charge >= 0.3 is 0 Å². The Hall–Kier alpha value is -4.19. The molecule has 1 aliphatic rings. The molecule has 4 heterocycles. The number of hydrogen-bond donors (Lipinski definition) is 3. The Kier molecular flexibility index (Phi) is 6.66. The molecule has 3 N–H and O–H groups in total. The summed E-state index contributed by atoms with van der Waals surface area (Å²) in [7, 11) is 1.73. The molecule has 5 rings (SSSR count). The molecular formula is C25H29FN10O. The minimum atomic E-state index is -0.504. The van der Waals surface area contributed by atoms with Gasteiger partial charge in [-0.2, -0.15) is 10.1 Å². The molecule has 1 aromatic carbocycles. The molecule has 192 valence electrons. The Morgan fingerprint density at radius 1 is 1.16 bits per heavy atom. The van der Waals surface area contributed by atoms with Gasteiger partial charge in [-0.15, -0.1) is 0 Å². The second kappa shape index (κ2) is 10.1. The largest absolute Gasteiger partial charge is 0.351 e. The first-order valence-corrected chi connectivity index (χ1v) is 12.1. The zero-order chi connectivity index (χ0) is 26.0. The Balaban J connectivity index is 1.29. The predicted molar refractivity (Wildman–Crippen MR) is 139 cm³/mol. The number of carbonyl (C=O) groups excluding carboxylic acids is 1. The molecule has 1 fully saturated rings. The maximum absolute atomic E-state index is 14.7. The highest BCUT2D eigenvalue weighted by molar-refractivity contribution is 5.96. The Morgan fingerprint density at radius 2 is 2.03 bits per heavy atom. The van der Waals surface area contributed by atoms with Crippen LogP contribution in [-0.4, -0.2) is 65.7 Å². The van der Waals surface area contributed by atoms with E-state index in [0.29, 0.717) is 40.7 Å². The first kappa shape index (κ1) is 24.5. The SMILES string of the molecule is Cn1nc(Nc2cc(C(=O)NCCN3CCCC3(C)C)ccc2F)c2cnc(Nc3cnccn3)nc21. The van der Waals surface area contributed by atoms with E-state index >= 15 is 0 Å². The van der Waals surface area contributed by atoms with Crippen molar-refractivity contribution in [1.82, 2.24) is 39.9 Å². The third-order valence-electron chi connectivity index (χ3n) is 6.60. The molecule has 0 unspecified atom stereocenters. The van der Waals surface area contributed by atoms with Crippen LogP contribution in [0.3, 0.4) is 0 Å². The van der Waals surface area contributed by atoms with Gasteiger partial charge in [0.2, 0.25) is 5.95 Å². The van der Waals surface area contributed by atoms with Crippen LogP contribution in [0, 0.1) is 5.82 Å². The number of anilines is 4. The highest BCUT2D eigenvalue weighted by Crippen LogP contribution is 2.28. The van der Waals surface area contributed by atoms with Crippen LogP contribution in [0.5, 0.6) is 0 Å². The summed E-state index contributed by atoms with van der Waals surface area (Å²) in [5, 5.41) is 13.9. The molecule has 1 amide bonds. The molecule has 0 bridgehead atoms. The molecule has 0 aliphatic carbocycles. The zero-order valence-electron chi connectivity index (χ0n) is 21.0. The van der Waals surface area contributed by atoms with Gasteiger partial charge in [0.05, 0.1) is 17.3 Å². The van der Waals surface area contributed by atoms with Crippen molar-refractivity contribution in [1.29, 1.82) is 0 Å². The van der Waals surface area contributed by atoms with Crippen LogP contribution < -0.4 is 16.0 Å². The van der Waals surface area contributed by atoms with Crippen molar-refractivity contribution in [2.45, 2.75) is 32.2 Å². The molecular weight excluding hydrogens is 475 g/mol. The number of aromatic nitrogens is 6. The van der Waals surface area contributed by atoms with Gasteiger partial charge in [0, 0.05) is 49.8 Å². The highest BCUT2D eigenvalue weighted by Gasteiger charge is 2.31. The molecule has 1 aliphatic heterocycles. The number of hydrogen-bond acceptors (Lipinski definition) is 9. The fourth-order valence-corrected chi connectivity index (χ4v) is 4.54. The van der Waals surface area contributed by atoms with Crippen LogP contribution in [0.2, 0.25) is 0 Å². The number of fused-ring (bicyclic) bond motifs is 1. The van der Waals surface area contributed by atoms with Gasteiger partial charge in [-0.1, -0.05) is 0 Å². The molecule has 0 spiro atoms. The van der Waals surface area contributed by atoms with Crippen LogP contribution in [0.1, 0.15) is 37.0 Å². The first-order chi connectivity index (χ1) is 17.8. The van der Waals surface area contributed by atoms with Gasteiger partial charge in [-0.05, 0) is 51.4 Å². The summed E-state index contributed by atoms with van der Waals surface area (Å²) < 4.78 is 16.2. The van der Waals surface area contributed by atoms with Gasteiger partial charge in [-0.25, -0.2) is 19.0 Å². The number of likely N-dealkylation sites (tertiary alicyclic amines) is 1. The lowest BCUT2D eigenvalue weighted by molar-refractivity contribution is 0.0940. The Morgan fingerprint density at radius 3 is 2.78 bits per heavy atom. The van der Waals surface area contributed by atoms with Gasteiger partial charge < -0.3 is 16.0 Å². The lowest BCUT2D eigenvalue weighted by Gasteiger charge is -2.31. The molecule has 0 radical (unpaired) electrons. The number of nitrogens with zero attached hydrogens (tertiary/aromatic N) is 7. The minimum absolute atomic E-state index is 0.134.